The van der Waals surface area contributed by atoms with Gasteiger partial charge in [0.1, 0.15) is 6.17 Å². The maximum absolute atomic E-state index is 13.4. The highest BCUT2D eigenvalue weighted by atomic mass is 19.1. The molecule has 0 amide bonds. The fraction of sp³-hybridized carbons (Fsp3) is 0.364. The average Bonchev–Trinajstić information content (AvgIpc) is 2.18. The SMILES string of the molecule is O=C(O)CCCC(F)c1ccccc1. The summed E-state index contributed by atoms with van der Waals surface area (Å²) < 4.78 is 13.4. The number of hydrogen-bond acceptors (Lipinski definition) is 1. The van der Waals surface area contributed by atoms with E-state index in [4.69, 9.17) is 5.11 Å². The second kappa shape index (κ2) is 5.37. The third-order valence-electron chi connectivity index (χ3n) is 2.01. The summed E-state index contributed by atoms with van der Waals surface area (Å²) in [6.07, 6.45) is -0.356. The van der Waals surface area contributed by atoms with Crippen LogP contribution in [0.1, 0.15) is 31.0 Å². The zero-order valence-electron chi connectivity index (χ0n) is 7.82. The lowest BCUT2D eigenvalue weighted by Gasteiger charge is -2.06. The number of carbonyl (C=O) groups is 1. The van der Waals surface area contributed by atoms with Crippen LogP contribution in [-0.4, -0.2) is 11.1 Å². The minimum absolute atomic E-state index is 0.0350. The highest BCUT2D eigenvalue weighted by Gasteiger charge is 2.09. The van der Waals surface area contributed by atoms with Crippen molar-refractivity contribution in [2.24, 2.45) is 0 Å². The molecule has 1 N–H and O–H groups in total. The maximum Gasteiger partial charge on any atom is 0.303 e. The van der Waals surface area contributed by atoms with Gasteiger partial charge in [-0.25, -0.2) is 4.39 Å². The van der Waals surface area contributed by atoms with Crippen LogP contribution in [0.15, 0.2) is 30.3 Å². The predicted molar refractivity (Wildman–Crippen MR) is 51.8 cm³/mol. The van der Waals surface area contributed by atoms with Crippen LogP contribution in [0, 0.1) is 0 Å². The molecular formula is C11H13FO2. The first kappa shape index (κ1) is 10.7. The van der Waals surface area contributed by atoms with Crippen LogP contribution in [0.2, 0.25) is 0 Å². The lowest BCUT2D eigenvalue weighted by Crippen LogP contribution is -1.97. The topological polar surface area (TPSA) is 37.3 Å². The van der Waals surface area contributed by atoms with Crippen molar-refractivity contribution in [2.45, 2.75) is 25.4 Å². The first-order valence-corrected chi connectivity index (χ1v) is 4.61. The minimum Gasteiger partial charge on any atom is -0.481 e. The number of halogens is 1. The molecule has 0 saturated carbocycles. The molecule has 1 atom stereocenters. The Morgan fingerprint density at radius 2 is 2.00 bits per heavy atom. The molecule has 3 heteroatoms. The maximum atomic E-state index is 13.4. The van der Waals surface area contributed by atoms with Gasteiger partial charge in [-0.3, -0.25) is 4.79 Å². The number of alkyl halides is 1. The fourth-order valence-electron chi connectivity index (χ4n) is 1.26. The number of carboxylic acids is 1. The normalized spacial score (nSPS) is 12.4. The number of aliphatic carboxylic acids is 1. The molecule has 1 aromatic carbocycles. The summed E-state index contributed by atoms with van der Waals surface area (Å²) in [5.41, 5.74) is 0.623. The Balaban J connectivity index is 2.36. The molecule has 2 nitrogen and oxygen atoms in total. The van der Waals surface area contributed by atoms with Crippen molar-refractivity contribution in [3.8, 4) is 0 Å². The summed E-state index contributed by atoms with van der Waals surface area (Å²) in [6.45, 7) is 0. The van der Waals surface area contributed by atoms with E-state index in [0.717, 1.165) is 0 Å². The molecule has 76 valence electrons. The van der Waals surface area contributed by atoms with Crippen molar-refractivity contribution in [3.63, 3.8) is 0 Å². The molecule has 0 heterocycles. The molecule has 0 radical (unpaired) electrons. The van der Waals surface area contributed by atoms with Crippen LogP contribution in [-0.2, 0) is 4.79 Å². The zero-order valence-corrected chi connectivity index (χ0v) is 7.82. The summed E-state index contributed by atoms with van der Waals surface area (Å²) in [6, 6.07) is 8.81. The number of benzene rings is 1. The average molecular weight is 196 g/mol. The lowest BCUT2D eigenvalue weighted by atomic mass is 10.1. The van der Waals surface area contributed by atoms with E-state index in [9.17, 15) is 9.18 Å². The third kappa shape index (κ3) is 3.56. The van der Waals surface area contributed by atoms with Gasteiger partial charge >= 0.3 is 5.97 Å². The molecule has 1 unspecified atom stereocenters. The second-order valence-corrected chi connectivity index (χ2v) is 3.16. The third-order valence-corrected chi connectivity index (χ3v) is 2.01. The Morgan fingerprint density at radius 1 is 1.36 bits per heavy atom. The molecule has 0 fully saturated rings. The Morgan fingerprint density at radius 3 is 2.57 bits per heavy atom. The van der Waals surface area contributed by atoms with Gasteiger partial charge in [0, 0.05) is 6.42 Å². The van der Waals surface area contributed by atoms with Crippen molar-refractivity contribution >= 4 is 5.97 Å². The van der Waals surface area contributed by atoms with Crippen molar-refractivity contribution in [1.29, 1.82) is 0 Å². The largest absolute Gasteiger partial charge is 0.481 e. The lowest BCUT2D eigenvalue weighted by molar-refractivity contribution is -0.137. The van der Waals surface area contributed by atoms with Crippen LogP contribution in [0.5, 0.6) is 0 Å². The highest BCUT2D eigenvalue weighted by molar-refractivity contribution is 5.66. The molecule has 0 aliphatic heterocycles. The van der Waals surface area contributed by atoms with E-state index in [2.05, 4.69) is 0 Å². The number of hydrogen-bond donors (Lipinski definition) is 1. The smallest absolute Gasteiger partial charge is 0.303 e. The monoisotopic (exact) mass is 196 g/mol. The molecule has 1 rings (SSSR count). The molecule has 0 bridgehead atoms. The van der Waals surface area contributed by atoms with Crippen molar-refractivity contribution in [1.82, 2.24) is 0 Å². The Kier molecular flexibility index (Phi) is 4.11. The Bertz CT molecular complexity index is 285. The van der Waals surface area contributed by atoms with Gasteiger partial charge in [0.2, 0.25) is 0 Å². The second-order valence-electron chi connectivity index (χ2n) is 3.16. The molecule has 0 aliphatic rings. The number of rotatable bonds is 5. The standard InChI is InChI=1S/C11H13FO2/c12-10(7-4-8-11(13)14)9-5-2-1-3-6-9/h1-3,5-6,10H,4,7-8H2,(H,13,14). The van der Waals surface area contributed by atoms with E-state index >= 15 is 0 Å². The van der Waals surface area contributed by atoms with Crippen LogP contribution in [0.25, 0.3) is 0 Å². The summed E-state index contributed by atoms with van der Waals surface area (Å²) in [4.78, 5) is 10.2. The van der Waals surface area contributed by atoms with Gasteiger partial charge in [0.05, 0.1) is 0 Å². The van der Waals surface area contributed by atoms with Crippen molar-refractivity contribution in [3.05, 3.63) is 35.9 Å². The van der Waals surface area contributed by atoms with E-state index in [1.165, 1.54) is 0 Å². The predicted octanol–water partition coefficient (Wildman–Crippen LogP) is 2.95. The quantitative estimate of drug-likeness (QED) is 0.786. The first-order chi connectivity index (χ1) is 6.70. The molecular weight excluding hydrogens is 183 g/mol. The molecule has 14 heavy (non-hydrogen) atoms. The Labute approximate surface area is 82.4 Å². The molecule has 1 aromatic rings. The molecule has 0 spiro atoms. The van der Waals surface area contributed by atoms with Crippen molar-refractivity contribution in [2.75, 3.05) is 0 Å². The van der Waals surface area contributed by atoms with E-state index in [0.29, 0.717) is 12.0 Å². The zero-order chi connectivity index (χ0) is 10.4. The molecule has 0 aliphatic carbocycles. The molecule has 0 saturated heterocycles. The summed E-state index contributed by atoms with van der Waals surface area (Å²) in [7, 11) is 0. The Hall–Kier alpha value is -1.38. The van der Waals surface area contributed by atoms with Gasteiger partial charge in [0.25, 0.3) is 0 Å². The minimum atomic E-state index is -1.05. The van der Waals surface area contributed by atoms with Crippen LogP contribution < -0.4 is 0 Å². The van der Waals surface area contributed by atoms with Gasteiger partial charge in [-0.05, 0) is 18.4 Å². The van der Waals surface area contributed by atoms with Gasteiger partial charge in [-0.1, -0.05) is 30.3 Å². The van der Waals surface area contributed by atoms with E-state index in [-0.39, 0.29) is 12.8 Å². The number of carboxylic acid groups (broad SMARTS) is 1. The van der Waals surface area contributed by atoms with Crippen LogP contribution in [0.4, 0.5) is 4.39 Å². The van der Waals surface area contributed by atoms with E-state index in [1.807, 2.05) is 6.07 Å². The van der Waals surface area contributed by atoms with Crippen LogP contribution >= 0.6 is 0 Å². The van der Waals surface area contributed by atoms with Gasteiger partial charge in [-0.15, -0.1) is 0 Å². The van der Waals surface area contributed by atoms with E-state index in [1.54, 1.807) is 24.3 Å². The van der Waals surface area contributed by atoms with Crippen LogP contribution in [0.3, 0.4) is 0 Å². The van der Waals surface area contributed by atoms with Gasteiger partial charge < -0.3 is 5.11 Å². The summed E-state index contributed by atoms with van der Waals surface area (Å²) in [5, 5.41) is 8.37. The van der Waals surface area contributed by atoms with Gasteiger partial charge in [-0.2, -0.15) is 0 Å². The highest BCUT2D eigenvalue weighted by Crippen LogP contribution is 2.22. The fourth-order valence-corrected chi connectivity index (χ4v) is 1.26. The van der Waals surface area contributed by atoms with E-state index < -0.39 is 12.1 Å². The van der Waals surface area contributed by atoms with Gasteiger partial charge in [0.15, 0.2) is 0 Å². The summed E-state index contributed by atoms with van der Waals surface area (Å²) >= 11 is 0. The van der Waals surface area contributed by atoms with Crippen molar-refractivity contribution < 1.29 is 14.3 Å². The summed E-state index contributed by atoms with van der Waals surface area (Å²) in [5.74, 6) is -0.870. The molecule has 0 aromatic heterocycles. The first-order valence-electron chi connectivity index (χ1n) is 4.61.